The number of hydrogen-bond acceptors (Lipinski definition) is 5. The Morgan fingerprint density at radius 3 is 2.09 bits per heavy atom. The van der Waals surface area contributed by atoms with Crippen molar-refractivity contribution in [3.05, 3.63) is 47.0 Å². The average Bonchev–Trinajstić information content (AvgIpc) is 2.71. The molecule has 0 bridgehead atoms. The van der Waals surface area contributed by atoms with E-state index in [-0.39, 0.29) is 52.9 Å². The van der Waals surface area contributed by atoms with Crippen LogP contribution in [0.3, 0.4) is 0 Å². The Labute approximate surface area is 201 Å². The van der Waals surface area contributed by atoms with Gasteiger partial charge < -0.3 is 15.4 Å². The molecule has 1 saturated heterocycles. The molecule has 0 unspecified atom stereocenters. The molecule has 3 rings (SSSR count). The molecular weight excluding hydrogens is 495 g/mol. The monoisotopic (exact) mass is 519 g/mol. The first-order chi connectivity index (χ1) is 15.6. The van der Waals surface area contributed by atoms with Crippen molar-refractivity contribution in [2.24, 2.45) is 0 Å². The lowest BCUT2D eigenvalue weighted by Crippen LogP contribution is -2.51. The van der Waals surface area contributed by atoms with Gasteiger partial charge in [0, 0.05) is 37.4 Å². The number of amides is 1. The second-order valence-electron chi connectivity index (χ2n) is 8.82. The summed E-state index contributed by atoms with van der Waals surface area (Å²) in [4.78, 5) is 13.5. The normalized spacial score (nSPS) is 15.9. The Kier molecular flexibility index (Phi) is 7.12. The van der Waals surface area contributed by atoms with Gasteiger partial charge in [0.1, 0.15) is 5.60 Å². The number of ether oxygens (including phenoxy) is 1. The van der Waals surface area contributed by atoms with Crippen molar-refractivity contribution in [2.45, 2.75) is 37.4 Å². The molecule has 1 heterocycles. The molecule has 7 nitrogen and oxygen atoms in total. The van der Waals surface area contributed by atoms with E-state index in [2.05, 4.69) is 0 Å². The molecule has 2 aromatic carbocycles. The van der Waals surface area contributed by atoms with Crippen molar-refractivity contribution in [1.82, 2.24) is 9.21 Å². The van der Waals surface area contributed by atoms with E-state index in [0.717, 1.165) is 6.07 Å². The number of carbonyl (C=O) groups is 1. The molecule has 0 aliphatic carbocycles. The van der Waals surface area contributed by atoms with E-state index < -0.39 is 33.5 Å². The third kappa shape index (κ3) is 5.76. The van der Waals surface area contributed by atoms with Crippen LogP contribution in [-0.2, 0) is 20.9 Å². The number of carbonyl (C=O) groups excluding carboxylic acids is 1. The number of piperazine rings is 1. The van der Waals surface area contributed by atoms with Gasteiger partial charge in [0.05, 0.1) is 15.5 Å². The van der Waals surface area contributed by atoms with Crippen molar-refractivity contribution >= 4 is 33.4 Å². The minimum Gasteiger partial charge on any atom is -0.444 e. The molecule has 1 aliphatic heterocycles. The summed E-state index contributed by atoms with van der Waals surface area (Å²) < 4.78 is 73.2. The van der Waals surface area contributed by atoms with Gasteiger partial charge in [-0.3, -0.25) is 0 Å². The van der Waals surface area contributed by atoms with Gasteiger partial charge in [-0.05, 0) is 50.6 Å². The van der Waals surface area contributed by atoms with Crippen LogP contribution in [0.4, 0.5) is 23.7 Å². The summed E-state index contributed by atoms with van der Waals surface area (Å²) in [6.07, 6.45) is -5.22. The molecule has 0 spiro atoms. The number of anilines is 1. The van der Waals surface area contributed by atoms with Crippen molar-refractivity contribution in [2.75, 3.05) is 31.9 Å². The Balaban J connectivity index is 1.80. The van der Waals surface area contributed by atoms with Gasteiger partial charge in [-0.1, -0.05) is 23.7 Å². The van der Waals surface area contributed by atoms with Crippen LogP contribution in [0.5, 0.6) is 0 Å². The molecule has 0 aromatic heterocycles. The van der Waals surface area contributed by atoms with Gasteiger partial charge in [-0.15, -0.1) is 0 Å². The van der Waals surface area contributed by atoms with Crippen molar-refractivity contribution in [3.8, 4) is 11.1 Å². The molecule has 0 saturated carbocycles. The minimum absolute atomic E-state index is 0.0609. The highest BCUT2D eigenvalue weighted by Crippen LogP contribution is 2.42. The lowest BCUT2D eigenvalue weighted by atomic mass is 9.98. The Morgan fingerprint density at radius 1 is 1.03 bits per heavy atom. The highest BCUT2D eigenvalue weighted by atomic mass is 35.5. The van der Waals surface area contributed by atoms with Crippen LogP contribution < -0.4 is 5.73 Å². The van der Waals surface area contributed by atoms with Gasteiger partial charge in [0.15, 0.2) is 0 Å². The van der Waals surface area contributed by atoms with Crippen LogP contribution in [-0.4, -0.2) is 55.5 Å². The predicted molar refractivity (Wildman–Crippen MR) is 123 cm³/mol. The molecule has 186 valence electrons. The standard InChI is InChI=1S/C22H25ClF3N3O4S/c1-21(2,3)33-20(30)28-8-10-29(11-9-28)34(31,32)16-6-4-14(5-7-16)19-17(22(24,25)26)12-15(27)13-18(19)23/h4-7,12-13H,8-11,27H2,1-3H3. The van der Waals surface area contributed by atoms with E-state index in [0.29, 0.717) is 0 Å². The zero-order valence-corrected chi connectivity index (χ0v) is 20.4. The second kappa shape index (κ2) is 9.27. The number of halogens is 4. The molecule has 12 heteroatoms. The number of nitrogen functional groups attached to an aromatic ring is 1. The summed E-state index contributed by atoms with van der Waals surface area (Å²) in [6, 6.07) is 7.01. The van der Waals surface area contributed by atoms with Crippen molar-refractivity contribution in [3.63, 3.8) is 0 Å². The molecule has 0 radical (unpaired) electrons. The second-order valence-corrected chi connectivity index (χ2v) is 11.2. The summed E-state index contributed by atoms with van der Waals surface area (Å²) in [5, 5.41) is -0.193. The first-order valence-electron chi connectivity index (χ1n) is 10.3. The zero-order chi connectivity index (χ0) is 25.5. The number of alkyl halides is 3. The van der Waals surface area contributed by atoms with Gasteiger partial charge in [0.2, 0.25) is 10.0 Å². The highest BCUT2D eigenvalue weighted by molar-refractivity contribution is 7.89. The molecular formula is C22H25ClF3N3O4S. The van der Waals surface area contributed by atoms with Crippen molar-refractivity contribution in [1.29, 1.82) is 0 Å². The fourth-order valence-corrected chi connectivity index (χ4v) is 5.28. The van der Waals surface area contributed by atoms with Crippen LogP contribution in [0.2, 0.25) is 5.02 Å². The number of nitrogens with zero attached hydrogens (tertiary/aromatic N) is 2. The predicted octanol–water partition coefficient (Wildman–Crippen LogP) is 4.85. The number of sulfonamides is 1. The molecule has 2 N–H and O–H groups in total. The number of benzene rings is 2. The summed E-state index contributed by atoms with van der Waals surface area (Å²) in [7, 11) is -3.92. The molecule has 1 aliphatic rings. The van der Waals surface area contributed by atoms with Crippen LogP contribution in [0, 0.1) is 0 Å². The summed E-state index contributed by atoms with van der Waals surface area (Å²) in [5.74, 6) is 0. The Morgan fingerprint density at radius 2 is 1.59 bits per heavy atom. The quantitative estimate of drug-likeness (QED) is 0.585. The zero-order valence-electron chi connectivity index (χ0n) is 18.8. The topological polar surface area (TPSA) is 92.9 Å². The minimum atomic E-state index is -4.70. The fourth-order valence-electron chi connectivity index (χ4n) is 3.52. The number of hydrogen-bond donors (Lipinski definition) is 1. The summed E-state index contributed by atoms with van der Waals surface area (Å²) >= 11 is 6.06. The Bertz CT molecular complexity index is 1170. The third-order valence-electron chi connectivity index (χ3n) is 5.09. The van der Waals surface area contributed by atoms with E-state index in [1.165, 1.54) is 39.5 Å². The highest BCUT2D eigenvalue weighted by Gasteiger charge is 2.36. The van der Waals surface area contributed by atoms with Gasteiger partial charge in [0.25, 0.3) is 0 Å². The van der Waals surface area contributed by atoms with Gasteiger partial charge in [-0.2, -0.15) is 17.5 Å². The van der Waals surface area contributed by atoms with Gasteiger partial charge >= 0.3 is 12.3 Å². The average molecular weight is 520 g/mol. The van der Waals surface area contributed by atoms with E-state index in [4.69, 9.17) is 22.1 Å². The molecule has 0 atom stereocenters. The molecule has 2 aromatic rings. The summed E-state index contributed by atoms with van der Waals surface area (Å²) in [5.41, 5.74) is 3.54. The molecule has 1 fully saturated rings. The van der Waals surface area contributed by atoms with Crippen LogP contribution in [0.1, 0.15) is 26.3 Å². The van der Waals surface area contributed by atoms with E-state index >= 15 is 0 Å². The molecule has 1 amide bonds. The van der Waals surface area contributed by atoms with E-state index in [9.17, 15) is 26.4 Å². The Hall–Kier alpha value is -2.50. The SMILES string of the molecule is CC(C)(C)OC(=O)N1CCN(S(=O)(=O)c2ccc(-c3c(Cl)cc(N)cc3C(F)(F)F)cc2)CC1. The summed E-state index contributed by atoms with van der Waals surface area (Å²) in [6.45, 7) is 5.65. The fraction of sp³-hybridized carbons (Fsp3) is 0.409. The van der Waals surface area contributed by atoms with Crippen LogP contribution in [0.15, 0.2) is 41.3 Å². The van der Waals surface area contributed by atoms with Crippen molar-refractivity contribution < 1.29 is 31.1 Å². The smallest absolute Gasteiger partial charge is 0.417 e. The maximum atomic E-state index is 13.5. The third-order valence-corrected chi connectivity index (χ3v) is 7.30. The lowest BCUT2D eigenvalue weighted by molar-refractivity contribution is -0.137. The number of rotatable bonds is 3. The first-order valence-corrected chi connectivity index (χ1v) is 12.2. The number of nitrogens with two attached hydrogens (primary N) is 1. The lowest BCUT2D eigenvalue weighted by Gasteiger charge is -2.35. The maximum Gasteiger partial charge on any atom is 0.417 e. The van der Waals surface area contributed by atoms with Gasteiger partial charge in [-0.25, -0.2) is 13.2 Å². The van der Waals surface area contributed by atoms with Crippen LogP contribution >= 0.6 is 11.6 Å². The van der Waals surface area contributed by atoms with Crippen LogP contribution in [0.25, 0.3) is 11.1 Å². The first kappa shape index (κ1) is 26.1. The van der Waals surface area contributed by atoms with E-state index in [1.807, 2.05) is 0 Å². The largest absolute Gasteiger partial charge is 0.444 e. The van der Waals surface area contributed by atoms with E-state index in [1.54, 1.807) is 20.8 Å². The maximum absolute atomic E-state index is 13.5. The molecule has 34 heavy (non-hydrogen) atoms.